The van der Waals surface area contributed by atoms with Gasteiger partial charge in [0.05, 0.1) is 39.4 Å². The minimum Gasteiger partial charge on any atom is -0.497 e. The fraction of sp³-hybridized carbons (Fsp3) is 0.227. The number of rotatable bonds is 5. The van der Waals surface area contributed by atoms with E-state index in [1.807, 2.05) is 28.8 Å². The van der Waals surface area contributed by atoms with Gasteiger partial charge in [-0.2, -0.15) is 4.98 Å². The van der Waals surface area contributed by atoms with Gasteiger partial charge in [0.25, 0.3) is 5.89 Å². The molecule has 31 heavy (non-hydrogen) atoms. The fourth-order valence-corrected chi connectivity index (χ4v) is 3.57. The highest BCUT2D eigenvalue weighted by Crippen LogP contribution is 2.32. The van der Waals surface area contributed by atoms with Crippen LogP contribution in [0.4, 0.5) is 4.39 Å². The molecule has 0 radical (unpaired) electrons. The Kier molecular flexibility index (Phi) is 4.87. The summed E-state index contributed by atoms with van der Waals surface area (Å²) in [5, 5.41) is 3.97. The van der Waals surface area contributed by atoms with E-state index in [0.29, 0.717) is 24.4 Å². The van der Waals surface area contributed by atoms with Crippen LogP contribution < -0.4 is 9.47 Å². The molecule has 9 heteroatoms. The average molecular weight is 422 g/mol. The molecule has 0 unspecified atom stereocenters. The molecule has 2 aromatic carbocycles. The molecule has 0 fully saturated rings. The predicted molar refractivity (Wildman–Crippen MR) is 108 cm³/mol. The van der Waals surface area contributed by atoms with E-state index in [9.17, 15) is 4.39 Å². The molecule has 5 rings (SSSR count). The lowest BCUT2D eigenvalue weighted by molar-refractivity contribution is 0.00328. The molecule has 0 saturated heterocycles. The lowest BCUT2D eigenvalue weighted by atomic mass is 10.1. The van der Waals surface area contributed by atoms with Crippen LogP contribution in [0, 0.1) is 5.82 Å². The third kappa shape index (κ3) is 3.53. The summed E-state index contributed by atoms with van der Waals surface area (Å²) in [6, 6.07) is 12.3. The van der Waals surface area contributed by atoms with E-state index in [4.69, 9.17) is 18.7 Å². The second kappa shape index (κ2) is 7.84. The third-order valence-electron chi connectivity index (χ3n) is 5.26. The first kappa shape index (κ1) is 19.3. The molecule has 2 aromatic heterocycles. The molecule has 1 aliphatic heterocycles. The van der Waals surface area contributed by atoms with Crippen molar-refractivity contribution in [2.75, 3.05) is 14.2 Å². The normalized spacial score (nSPS) is 15.5. The number of hydrogen-bond acceptors (Lipinski definition) is 7. The summed E-state index contributed by atoms with van der Waals surface area (Å²) in [7, 11) is 3.05. The predicted octanol–water partition coefficient (Wildman–Crippen LogP) is 4.03. The first-order valence-corrected chi connectivity index (χ1v) is 9.64. The lowest BCUT2D eigenvalue weighted by Crippen LogP contribution is -2.20. The number of methoxy groups -OCH3 is 2. The largest absolute Gasteiger partial charge is 0.497 e. The standard InChI is InChI=1S/C22H19FN4O4/c1-28-15-6-3-13(4-7-15)19-10-27-12-24-20(17(27)11-30-19)22-25-21(26-31-22)14-5-8-18(29-2)16(23)9-14/h3-9,12,19H,10-11H2,1-2H3/t19-/m1/s1. The zero-order valence-electron chi connectivity index (χ0n) is 16.9. The van der Waals surface area contributed by atoms with E-state index in [1.165, 1.54) is 19.2 Å². The zero-order chi connectivity index (χ0) is 21.4. The Balaban J connectivity index is 1.38. The van der Waals surface area contributed by atoms with Crippen molar-refractivity contribution in [3.05, 3.63) is 65.9 Å². The van der Waals surface area contributed by atoms with Crippen molar-refractivity contribution in [1.82, 2.24) is 19.7 Å². The average Bonchev–Trinajstić information content (AvgIpc) is 3.46. The van der Waals surface area contributed by atoms with Crippen LogP contribution in [0.2, 0.25) is 0 Å². The van der Waals surface area contributed by atoms with E-state index in [0.717, 1.165) is 17.0 Å². The van der Waals surface area contributed by atoms with Gasteiger partial charge in [-0.25, -0.2) is 9.37 Å². The van der Waals surface area contributed by atoms with Crippen molar-refractivity contribution >= 4 is 0 Å². The van der Waals surface area contributed by atoms with Crippen LogP contribution in [0.15, 0.2) is 53.3 Å². The van der Waals surface area contributed by atoms with Crippen LogP contribution in [0.5, 0.6) is 11.5 Å². The molecule has 1 atom stereocenters. The summed E-state index contributed by atoms with van der Waals surface area (Å²) < 4.78 is 37.6. The van der Waals surface area contributed by atoms with Gasteiger partial charge in [-0.05, 0) is 35.9 Å². The maximum absolute atomic E-state index is 14.0. The molecule has 0 aliphatic carbocycles. The molecular weight excluding hydrogens is 403 g/mol. The van der Waals surface area contributed by atoms with Gasteiger partial charge >= 0.3 is 0 Å². The summed E-state index contributed by atoms with van der Waals surface area (Å²) >= 11 is 0. The second-order valence-corrected chi connectivity index (χ2v) is 7.04. The van der Waals surface area contributed by atoms with Crippen molar-refractivity contribution in [3.8, 4) is 34.5 Å². The van der Waals surface area contributed by atoms with Crippen molar-refractivity contribution in [2.24, 2.45) is 0 Å². The quantitative estimate of drug-likeness (QED) is 0.480. The van der Waals surface area contributed by atoms with E-state index in [2.05, 4.69) is 15.1 Å². The topological polar surface area (TPSA) is 84.4 Å². The first-order valence-electron chi connectivity index (χ1n) is 9.64. The Hall–Kier alpha value is -3.72. The van der Waals surface area contributed by atoms with Crippen molar-refractivity contribution in [1.29, 1.82) is 0 Å². The summed E-state index contributed by atoms with van der Waals surface area (Å²) in [4.78, 5) is 8.84. The van der Waals surface area contributed by atoms with E-state index < -0.39 is 5.82 Å². The number of benzene rings is 2. The molecular formula is C22H19FN4O4. The SMILES string of the molecule is COc1ccc([C@H]2Cn3cnc(-c4nc(-c5ccc(OC)c(F)c5)no4)c3CO2)cc1. The molecule has 0 saturated carbocycles. The Morgan fingerprint density at radius 1 is 1.10 bits per heavy atom. The van der Waals surface area contributed by atoms with Crippen molar-refractivity contribution < 1.29 is 23.1 Å². The second-order valence-electron chi connectivity index (χ2n) is 7.04. The number of imidazole rings is 1. The number of halogens is 1. The summed E-state index contributed by atoms with van der Waals surface area (Å²) in [5.74, 6) is 0.981. The van der Waals surface area contributed by atoms with Gasteiger partial charge in [-0.1, -0.05) is 17.3 Å². The van der Waals surface area contributed by atoms with Gasteiger partial charge in [0.2, 0.25) is 5.82 Å². The monoisotopic (exact) mass is 422 g/mol. The summed E-state index contributed by atoms with van der Waals surface area (Å²) in [6.07, 6.45) is 1.64. The summed E-state index contributed by atoms with van der Waals surface area (Å²) in [5.41, 5.74) is 2.95. The fourth-order valence-electron chi connectivity index (χ4n) is 3.57. The minimum absolute atomic E-state index is 0.0963. The lowest BCUT2D eigenvalue weighted by Gasteiger charge is -2.25. The Morgan fingerprint density at radius 2 is 1.94 bits per heavy atom. The molecule has 1 aliphatic rings. The number of hydrogen-bond donors (Lipinski definition) is 0. The smallest absolute Gasteiger partial charge is 0.278 e. The van der Waals surface area contributed by atoms with E-state index >= 15 is 0 Å². The van der Waals surface area contributed by atoms with Crippen LogP contribution in [-0.2, 0) is 17.9 Å². The Bertz CT molecular complexity index is 1220. The number of aromatic nitrogens is 4. The number of nitrogens with zero attached hydrogens (tertiary/aromatic N) is 4. The zero-order valence-corrected chi connectivity index (χ0v) is 16.9. The maximum Gasteiger partial charge on any atom is 0.278 e. The molecule has 8 nitrogen and oxygen atoms in total. The van der Waals surface area contributed by atoms with E-state index in [1.54, 1.807) is 19.5 Å². The van der Waals surface area contributed by atoms with E-state index in [-0.39, 0.29) is 23.6 Å². The molecule has 0 N–H and O–H groups in total. The Morgan fingerprint density at radius 3 is 2.68 bits per heavy atom. The van der Waals surface area contributed by atoms with Gasteiger partial charge in [-0.3, -0.25) is 0 Å². The highest BCUT2D eigenvalue weighted by atomic mass is 19.1. The highest BCUT2D eigenvalue weighted by molar-refractivity contribution is 5.60. The molecule has 158 valence electrons. The van der Waals surface area contributed by atoms with Crippen molar-refractivity contribution in [3.63, 3.8) is 0 Å². The summed E-state index contributed by atoms with van der Waals surface area (Å²) in [6.45, 7) is 0.959. The Labute approximate surface area is 177 Å². The van der Waals surface area contributed by atoms with Crippen LogP contribution in [0.1, 0.15) is 17.4 Å². The van der Waals surface area contributed by atoms with Crippen LogP contribution in [-0.4, -0.2) is 33.9 Å². The molecule has 4 aromatic rings. The van der Waals surface area contributed by atoms with Crippen LogP contribution >= 0.6 is 0 Å². The molecule has 3 heterocycles. The van der Waals surface area contributed by atoms with Gasteiger partial charge in [-0.15, -0.1) is 0 Å². The first-order chi connectivity index (χ1) is 15.2. The number of ether oxygens (including phenoxy) is 3. The highest BCUT2D eigenvalue weighted by Gasteiger charge is 2.26. The molecule has 0 bridgehead atoms. The van der Waals surface area contributed by atoms with Gasteiger partial charge in [0.15, 0.2) is 17.3 Å². The third-order valence-corrected chi connectivity index (χ3v) is 5.26. The van der Waals surface area contributed by atoms with Gasteiger partial charge < -0.3 is 23.3 Å². The maximum atomic E-state index is 14.0. The van der Waals surface area contributed by atoms with Crippen LogP contribution in [0.3, 0.4) is 0 Å². The van der Waals surface area contributed by atoms with Crippen LogP contribution in [0.25, 0.3) is 23.0 Å². The minimum atomic E-state index is -0.497. The number of fused-ring (bicyclic) bond motifs is 1. The van der Waals surface area contributed by atoms with Gasteiger partial charge in [0.1, 0.15) is 11.9 Å². The van der Waals surface area contributed by atoms with Gasteiger partial charge in [0, 0.05) is 5.56 Å². The van der Waals surface area contributed by atoms with Crippen molar-refractivity contribution in [2.45, 2.75) is 19.3 Å². The molecule has 0 spiro atoms. The molecule has 0 amide bonds.